The Morgan fingerprint density at radius 2 is 2.18 bits per heavy atom. The third-order valence-electron chi connectivity index (χ3n) is 2.30. The fourth-order valence-corrected chi connectivity index (χ4v) is 1.53. The van der Waals surface area contributed by atoms with Crippen molar-refractivity contribution in [3.63, 3.8) is 0 Å². The molecule has 0 aliphatic rings. The number of carboxylic acid groups (broad SMARTS) is 1. The van der Waals surface area contributed by atoms with E-state index < -0.39 is 18.1 Å². The second kappa shape index (κ2) is 4.25. The highest BCUT2D eigenvalue weighted by Crippen LogP contribution is 2.13. The standard InChI is InChI=1S/C11H10N2O4/c1-13-8-5-3-2-4-7(8)10(16)12-11(13)17-6-9(14)15/h2-5H,6H2,1H3,(H,14,15). The van der Waals surface area contributed by atoms with Gasteiger partial charge in [-0.1, -0.05) is 12.1 Å². The molecule has 1 aromatic heterocycles. The van der Waals surface area contributed by atoms with Crippen LogP contribution in [-0.4, -0.2) is 27.2 Å². The van der Waals surface area contributed by atoms with E-state index in [1.165, 1.54) is 0 Å². The first-order valence-electron chi connectivity index (χ1n) is 4.90. The summed E-state index contributed by atoms with van der Waals surface area (Å²) in [7, 11) is 1.66. The topological polar surface area (TPSA) is 81.4 Å². The van der Waals surface area contributed by atoms with Crippen molar-refractivity contribution in [2.75, 3.05) is 6.61 Å². The lowest BCUT2D eigenvalue weighted by Gasteiger charge is -2.10. The van der Waals surface area contributed by atoms with Crippen molar-refractivity contribution in [2.24, 2.45) is 7.05 Å². The molecule has 0 unspecified atom stereocenters. The zero-order valence-electron chi connectivity index (χ0n) is 9.08. The van der Waals surface area contributed by atoms with E-state index >= 15 is 0 Å². The minimum absolute atomic E-state index is 0.00361. The zero-order valence-corrected chi connectivity index (χ0v) is 9.08. The summed E-state index contributed by atoms with van der Waals surface area (Å²) in [6, 6.07) is 6.92. The van der Waals surface area contributed by atoms with E-state index in [1.807, 2.05) is 0 Å². The summed E-state index contributed by atoms with van der Waals surface area (Å²) in [6.45, 7) is -0.529. The number of aromatic nitrogens is 2. The van der Waals surface area contributed by atoms with Crippen molar-refractivity contribution < 1.29 is 14.6 Å². The molecule has 0 saturated heterocycles. The molecular formula is C11H10N2O4. The van der Waals surface area contributed by atoms with E-state index in [1.54, 1.807) is 35.9 Å². The van der Waals surface area contributed by atoms with E-state index in [-0.39, 0.29) is 6.01 Å². The summed E-state index contributed by atoms with van der Waals surface area (Å²) in [5.41, 5.74) is 0.215. The summed E-state index contributed by atoms with van der Waals surface area (Å²) in [4.78, 5) is 25.7. The first-order valence-corrected chi connectivity index (χ1v) is 4.90. The predicted octanol–water partition coefficient (Wildman–Crippen LogP) is 0.397. The Balaban J connectivity index is 2.55. The highest BCUT2D eigenvalue weighted by molar-refractivity contribution is 5.78. The number of rotatable bonds is 3. The lowest BCUT2D eigenvalue weighted by molar-refractivity contribution is -0.139. The molecule has 17 heavy (non-hydrogen) atoms. The van der Waals surface area contributed by atoms with Crippen molar-refractivity contribution in [2.45, 2.75) is 0 Å². The number of carboxylic acids is 1. The molecule has 0 amide bonds. The van der Waals surface area contributed by atoms with Crippen LogP contribution in [0.2, 0.25) is 0 Å². The van der Waals surface area contributed by atoms with E-state index in [9.17, 15) is 9.59 Å². The molecule has 6 nitrogen and oxygen atoms in total. The normalized spacial score (nSPS) is 10.4. The van der Waals surface area contributed by atoms with Crippen LogP contribution in [0.3, 0.4) is 0 Å². The number of carbonyl (C=O) groups is 1. The summed E-state index contributed by atoms with van der Waals surface area (Å²) >= 11 is 0. The number of aryl methyl sites for hydroxylation is 1. The summed E-state index contributed by atoms with van der Waals surface area (Å²) in [5.74, 6) is -1.12. The van der Waals surface area contributed by atoms with E-state index in [0.29, 0.717) is 10.9 Å². The number of hydrogen-bond donors (Lipinski definition) is 1. The van der Waals surface area contributed by atoms with Crippen molar-refractivity contribution in [3.8, 4) is 6.01 Å². The minimum atomic E-state index is -1.12. The number of nitrogens with zero attached hydrogens (tertiary/aromatic N) is 2. The lowest BCUT2D eigenvalue weighted by Crippen LogP contribution is -2.18. The average Bonchev–Trinajstić information content (AvgIpc) is 2.32. The SMILES string of the molecule is Cn1c(OCC(=O)O)nc(=O)c2ccccc21. The Morgan fingerprint density at radius 3 is 2.88 bits per heavy atom. The summed E-state index contributed by atoms with van der Waals surface area (Å²) in [6.07, 6.45) is 0. The van der Waals surface area contributed by atoms with Crippen LogP contribution in [0.25, 0.3) is 10.9 Å². The average molecular weight is 234 g/mol. The van der Waals surface area contributed by atoms with Crippen LogP contribution in [0.15, 0.2) is 29.1 Å². The van der Waals surface area contributed by atoms with Crippen LogP contribution in [0.1, 0.15) is 0 Å². The van der Waals surface area contributed by atoms with Gasteiger partial charge in [0, 0.05) is 7.05 Å². The van der Waals surface area contributed by atoms with E-state index in [2.05, 4.69) is 4.98 Å². The van der Waals surface area contributed by atoms with Crippen LogP contribution < -0.4 is 10.3 Å². The molecule has 6 heteroatoms. The molecule has 0 spiro atoms. The molecule has 0 aliphatic carbocycles. The van der Waals surface area contributed by atoms with Crippen molar-refractivity contribution in [3.05, 3.63) is 34.6 Å². The third kappa shape index (κ3) is 2.10. The van der Waals surface area contributed by atoms with Gasteiger partial charge in [-0.25, -0.2) is 4.79 Å². The second-order valence-corrected chi connectivity index (χ2v) is 3.46. The fraction of sp³-hybridized carbons (Fsp3) is 0.182. The van der Waals surface area contributed by atoms with Gasteiger partial charge in [-0.3, -0.25) is 9.36 Å². The van der Waals surface area contributed by atoms with Crippen molar-refractivity contribution in [1.82, 2.24) is 9.55 Å². The maximum absolute atomic E-state index is 11.6. The minimum Gasteiger partial charge on any atom is -0.479 e. The van der Waals surface area contributed by atoms with Crippen molar-refractivity contribution >= 4 is 16.9 Å². The molecule has 2 aromatic rings. The van der Waals surface area contributed by atoms with Gasteiger partial charge in [0.2, 0.25) is 0 Å². The fourth-order valence-electron chi connectivity index (χ4n) is 1.53. The Morgan fingerprint density at radius 1 is 1.47 bits per heavy atom. The third-order valence-corrected chi connectivity index (χ3v) is 2.30. The molecule has 88 valence electrons. The Bertz CT molecular complexity index is 633. The number of ether oxygens (including phenoxy) is 1. The van der Waals surface area contributed by atoms with Crippen LogP contribution >= 0.6 is 0 Å². The number of aliphatic carboxylic acids is 1. The Labute approximate surface area is 96.1 Å². The molecule has 0 saturated carbocycles. The van der Waals surface area contributed by atoms with Crippen LogP contribution in [-0.2, 0) is 11.8 Å². The molecule has 1 heterocycles. The van der Waals surface area contributed by atoms with Gasteiger partial charge in [0.05, 0.1) is 10.9 Å². The van der Waals surface area contributed by atoms with Crippen LogP contribution in [0.4, 0.5) is 0 Å². The zero-order chi connectivity index (χ0) is 12.4. The van der Waals surface area contributed by atoms with Gasteiger partial charge in [0.15, 0.2) is 6.61 Å². The van der Waals surface area contributed by atoms with Gasteiger partial charge in [-0.2, -0.15) is 4.98 Å². The molecule has 2 rings (SSSR count). The monoisotopic (exact) mass is 234 g/mol. The van der Waals surface area contributed by atoms with Gasteiger partial charge in [0.1, 0.15) is 0 Å². The lowest BCUT2D eigenvalue weighted by atomic mass is 10.2. The van der Waals surface area contributed by atoms with Crippen molar-refractivity contribution in [1.29, 1.82) is 0 Å². The smallest absolute Gasteiger partial charge is 0.341 e. The van der Waals surface area contributed by atoms with Gasteiger partial charge in [-0.05, 0) is 12.1 Å². The highest BCUT2D eigenvalue weighted by Gasteiger charge is 2.09. The molecule has 0 fully saturated rings. The second-order valence-electron chi connectivity index (χ2n) is 3.46. The molecule has 1 N–H and O–H groups in total. The largest absolute Gasteiger partial charge is 0.479 e. The van der Waals surface area contributed by atoms with Gasteiger partial charge in [0.25, 0.3) is 11.6 Å². The molecule has 0 aliphatic heterocycles. The molecule has 0 bridgehead atoms. The first kappa shape index (κ1) is 11.1. The number of para-hydroxylation sites is 1. The Hall–Kier alpha value is -2.37. The predicted molar refractivity (Wildman–Crippen MR) is 60.1 cm³/mol. The number of fused-ring (bicyclic) bond motifs is 1. The summed E-state index contributed by atoms with van der Waals surface area (Å²) < 4.78 is 6.48. The van der Waals surface area contributed by atoms with Crippen LogP contribution in [0, 0.1) is 0 Å². The van der Waals surface area contributed by atoms with Gasteiger partial charge < -0.3 is 9.84 Å². The van der Waals surface area contributed by atoms with E-state index in [4.69, 9.17) is 9.84 Å². The molecule has 1 aromatic carbocycles. The summed E-state index contributed by atoms with van der Waals surface area (Å²) in [5, 5.41) is 8.98. The number of hydrogen-bond acceptors (Lipinski definition) is 4. The van der Waals surface area contributed by atoms with Crippen LogP contribution in [0.5, 0.6) is 6.01 Å². The maximum Gasteiger partial charge on any atom is 0.341 e. The van der Waals surface area contributed by atoms with Gasteiger partial charge in [-0.15, -0.1) is 0 Å². The van der Waals surface area contributed by atoms with Gasteiger partial charge >= 0.3 is 5.97 Å². The first-order chi connectivity index (χ1) is 8.09. The highest BCUT2D eigenvalue weighted by atomic mass is 16.5. The molecule has 0 radical (unpaired) electrons. The quantitative estimate of drug-likeness (QED) is 0.831. The Kier molecular flexibility index (Phi) is 2.78. The maximum atomic E-state index is 11.6. The number of benzene rings is 1. The molecular weight excluding hydrogens is 224 g/mol. The molecule has 0 atom stereocenters. The van der Waals surface area contributed by atoms with E-state index in [0.717, 1.165) is 0 Å².